The van der Waals surface area contributed by atoms with Crippen molar-refractivity contribution in [3.63, 3.8) is 0 Å². The van der Waals surface area contributed by atoms with Gasteiger partial charge in [-0.25, -0.2) is 4.79 Å². The molecule has 2 rings (SSSR count). The van der Waals surface area contributed by atoms with Crippen LogP contribution in [-0.2, 0) is 9.53 Å². The number of ketones is 2. The molecule has 0 spiro atoms. The lowest BCUT2D eigenvalue weighted by molar-refractivity contribution is -0.144. The molecule has 27 heavy (non-hydrogen) atoms. The summed E-state index contributed by atoms with van der Waals surface area (Å²) in [5.74, 6) is -2.67. The number of carbonyl (C=O) groups excluding carboxylic acids is 3. The maximum absolute atomic E-state index is 12.2. The Bertz CT molecular complexity index is 898. The van der Waals surface area contributed by atoms with Gasteiger partial charge in [-0.05, 0) is 45.9 Å². The predicted molar refractivity (Wildman–Crippen MR) is 99.9 cm³/mol. The monoisotopic (exact) mass is 370 g/mol. The molecule has 6 heteroatoms. The Kier molecular flexibility index (Phi) is 6.00. The molecule has 0 radical (unpaired) electrons. The van der Waals surface area contributed by atoms with Gasteiger partial charge in [0.05, 0.1) is 11.1 Å². The van der Waals surface area contributed by atoms with Crippen LogP contribution in [0.5, 0.6) is 11.5 Å². The van der Waals surface area contributed by atoms with Gasteiger partial charge in [-0.3, -0.25) is 9.59 Å². The fourth-order valence-corrected chi connectivity index (χ4v) is 2.65. The number of hydrogen-bond acceptors (Lipinski definition) is 6. The van der Waals surface area contributed by atoms with Crippen LogP contribution in [0.4, 0.5) is 0 Å². The third-order valence-corrected chi connectivity index (χ3v) is 4.28. The first kappa shape index (κ1) is 20.2. The lowest BCUT2D eigenvalue weighted by Gasteiger charge is -2.22. The van der Waals surface area contributed by atoms with Crippen molar-refractivity contribution in [2.24, 2.45) is 0 Å². The molecule has 0 amide bonds. The van der Waals surface area contributed by atoms with E-state index in [0.717, 1.165) is 17.7 Å². The first-order valence-electron chi connectivity index (χ1n) is 8.50. The molecule has 1 aliphatic carbocycles. The highest BCUT2D eigenvalue weighted by Crippen LogP contribution is 2.41. The second kappa shape index (κ2) is 8.03. The van der Waals surface area contributed by atoms with E-state index in [4.69, 9.17) is 4.74 Å². The Morgan fingerprint density at radius 2 is 1.70 bits per heavy atom. The van der Waals surface area contributed by atoms with Crippen LogP contribution >= 0.6 is 0 Å². The average Bonchev–Trinajstić information content (AvgIpc) is 2.62. The van der Waals surface area contributed by atoms with E-state index in [1.807, 2.05) is 19.9 Å². The van der Waals surface area contributed by atoms with Gasteiger partial charge in [-0.15, -0.1) is 0 Å². The van der Waals surface area contributed by atoms with Gasteiger partial charge in [0.1, 0.15) is 17.6 Å². The Balaban J connectivity index is 2.59. The SMILES string of the molecule is C/C=C(\C)C(=O)O[C@@H](CC=C(C)C)c1cc(O)c2c(c1O)C(=O)C=CC2=O. The van der Waals surface area contributed by atoms with E-state index < -0.39 is 35.1 Å². The van der Waals surface area contributed by atoms with Gasteiger partial charge in [-0.1, -0.05) is 17.7 Å². The van der Waals surface area contributed by atoms with E-state index in [9.17, 15) is 24.6 Å². The molecule has 6 nitrogen and oxygen atoms in total. The normalized spacial score (nSPS) is 14.6. The van der Waals surface area contributed by atoms with E-state index in [-0.39, 0.29) is 23.1 Å². The fourth-order valence-electron chi connectivity index (χ4n) is 2.65. The molecule has 142 valence electrons. The van der Waals surface area contributed by atoms with Gasteiger partial charge < -0.3 is 14.9 Å². The summed E-state index contributed by atoms with van der Waals surface area (Å²) in [6.45, 7) is 7.03. The molecule has 0 aromatic heterocycles. The molecule has 2 N–H and O–H groups in total. The van der Waals surface area contributed by atoms with Gasteiger partial charge in [-0.2, -0.15) is 0 Å². The van der Waals surface area contributed by atoms with E-state index >= 15 is 0 Å². The number of hydrogen-bond donors (Lipinski definition) is 2. The zero-order chi connectivity index (χ0) is 20.3. The summed E-state index contributed by atoms with van der Waals surface area (Å²) >= 11 is 0. The molecule has 0 heterocycles. The minimum Gasteiger partial charge on any atom is -0.507 e. The first-order valence-corrected chi connectivity index (χ1v) is 8.50. The van der Waals surface area contributed by atoms with Gasteiger partial charge in [0.25, 0.3) is 0 Å². The quantitative estimate of drug-likeness (QED) is 0.352. The molecule has 0 unspecified atom stereocenters. The molecule has 1 atom stereocenters. The van der Waals surface area contributed by atoms with Crippen LogP contribution < -0.4 is 0 Å². The van der Waals surface area contributed by atoms with Gasteiger partial charge >= 0.3 is 5.97 Å². The van der Waals surface area contributed by atoms with Crippen molar-refractivity contribution in [3.05, 3.63) is 58.2 Å². The fraction of sp³-hybridized carbons (Fsp3) is 0.286. The number of benzene rings is 1. The third-order valence-electron chi connectivity index (χ3n) is 4.28. The zero-order valence-corrected chi connectivity index (χ0v) is 15.7. The van der Waals surface area contributed by atoms with Crippen LogP contribution in [0, 0.1) is 0 Å². The molecule has 1 aromatic rings. The van der Waals surface area contributed by atoms with Crippen molar-refractivity contribution in [1.82, 2.24) is 0 Å². The smallest absolute Gasteiger partial charge is 0.334 e. The highest BCUT2D eigenvalue weighted by molar-refractivity contribution is 6.24. The number of ether oxygens (including phenoxy) is 1. The van der Waals surface area contributed by atoms with Gasteiger partial charge in [0.2, 0.25) is 0 Å². The van der Waals surface area contributed by atoms with Crippen LogP contribution in [0.2, 0.25) is 0 Å². The third kappa shape index (κ3) is 4.16. The Morgan fingerprint density at radius 3 is 2.26 bits per heavy atom. The topological polar surface area (TPSA) is 101 Å². The zero-order valence-electron chi connectivity index (χ0n) is 15.7. The van der Waals surface area contributed by atoms with Crippen molar-refractivity contribution >= 4 is 17.5 Å². The van der Waals surface area contributed by atoms with E-state index in [1.54, 1.807) is 19.9 Å². The lowest BCUT2D eigenvalue weighted by atomic mass is 9.89. The second-order valence-electron chi connectivity index (χ2n) is 6.53. The van der Waals surface area contributed by atoms with Crippen LogP contribution in [0.15, 0.2) is 41.5 Å². The molecule has 0 saturated carbocycles. The Labute approximate surface area is 157 Å². The number of fused-ring (bicyclic) bond motifs is 1. The van der Waals surface area contributed by atoms with Crippen molar-refractivity contribution in [3.8, 4) is 11.5 Å². The summed E-state index contributed by atoms with van der Waals surface area (Å²) in [5, 5.41) is 20.9. The minimum absolute atomic E-state index is 0.0671. The molecule has 0 saturated heterocycles. The van der Waals surface area contributed by atoms with Crippen molar-refractivity contribution in [1.29, 1.82) is 0 Å². The summed E-state index contributed by atoms with van der Waals surface area (Å²) in [5.41, 5.74) is 0.888. The van der Waals surface area contributed by atoms with Crippen molar-refractivity contribution < 1.29 is 29.3 Å². The molecule has 0 fully saturated rings. The van der Waals surface area contributed by atoms with Crippen molar-refractivity contribution in [2.75, 3.05) is 0 Å². The Hall–Kier alpha value is -3.15. The second-order valence-corrected chi connectivity index (χ2v) is 6.53. The minimum atomic E-state index is -0.938. The van der Waals surface area contributed by atoms with E-state index in [0.29, 0.717) is 5.57 Å². The van der Waals surface area contributed by atoms with Crippen LogP contribution in [0.25, 0.3) is 0 Å². The van der Waals surface area contributed by atoms with Crippen LogP contribution in [-0.4, -0.2) is 27.7 Å². The van der Waals surface area contributed by atoms with E-state index in [2.05, 4.69) is 0 Å². The number of rotatable bonds is 5. The highest BCUT2D eigenvalue weighted by atomic mass is 16.5. The molecule has 1 aliphatic rings. The predicted octanol–water partition coefficient (Wildman–Crippen LogP) is 3.94. The summed E-state index contributed by atoms with van der Waals surface area (Å²) in [6, 6.07) is 1.17. The maximum Gasteiger partial charge on any atom is 0.334 e. The molecular weight excluding hydrogens is 348 g/mol. The van der Waals surface area contributed by atoms with Crippen molar-refractivity contribution in [2.45, 2.75) is 40.2 Å². The Morgan fingerprint density at radius 1 is 1.11 bits per heavy atom. The molecular formula is C21H22O6. The number of esters is 1. The summed E-state index contributed by atoms with van der Waals surface area (Å²) in [7, 11) is 0. The van der Waals surface area contributed by atoms with Crippen LogP contribution in [0.3, 0.4) is 0 Å². The molecule has 0 aliphatic heterocycles. The summed E-state index contributed by atoms with van der Waals surface area (Å²) < 4.78 is 5.49. The number of aromatic hydroxyl groups is 2. The van der Waals surface area contributed by atoms with E-state index in [1.165, 1.54) is 6.07 Å². The molecule has 1 aromatic carbocycles. The lowest BCUT2D eigenvalue weighted by Crippen LogP contribution is -2.16. The van der Waals surface area contributed by atoms with Gasteiger partial charge in [0.15, 0.2) is 11.6 Å². The highest BCUT2D eigenvalue weighted by Gasteiger charge is 2.31. The molecule has 0 bridgehead atoms. The van der Waals surface area contributed by atoms with Gasteiger partial charge in [0, 0.05) is 17.6 Å². The number of allylic oxidation sites excluding steroid dienone is 4. The average molecular weight is 370 g/mol. The number of phenolic OH excluding ortho intramolecular Hbond substituents is 2. The number of carbonyl (C=O) groups is 3. The maximum atomic E-state index is 12.2. The summed E-state index contributed by atoms with van der Waals surface area (Å²) in [4.78, 5) is 36.4. The van der Waals surface area contributed by atoms with Crippen LogP contribution in [0.1, 0.15) is 66.5 Å². The largest absolute Gasteiger partial charge is 0.507 e. The standard InChI is InChI=1S/C21H22O6/c1-5-12(4)21(26)27-17(9-6-11(2)3)13-10-16(24)18-14(22)7-8-15(23)19(18)20(13)25/h5-8,10,17,24-25H,9H2,1-4H3/b12-5+/t17-/m0/s1. The summed E-state index contributed by atoms with van der Waals surface area (Å²) in [6.07, 6.45) is 4.78. The number of phenols is 2. The first-order chi connectivity index (χ1) is 12.7.